The molecule has 4 heteroatoms. The number of amides is 1. The lowest BCUT2D eigenvalue weighted by Gasteiger charge is -2.06. The number of hydrogen-bond acceptors (Lipinski definition) is 2. The van der Waals surface area contributed by atoms with Crippen LogP contribution >= 0.6 is 0 Å². The van der Waals surface area contributed by atoms with Gasteiger partial charge in [0.2, 0.25) is 5.91 Å². The first-order valence-electron chi connectivity index (χ1n) is 5.17. The van der Waals surface area contributed by atoms with Gasteiger partial charge >= 0.3 is 0 Å². The van der Waals surface area contributed by atoms with Crippen molar-refractivity contribution >= 4 is 11.6 Å². The van der Waals surface area contributed by atoms with Crippen molar-refractivity contribution in [3.05, 3.63) is 29.6 Å². The number of nitrogens with one attached hydrogen (secondary N) is 1. The summed E-state index contributed by atoms with van der Waals surface area (Å²) in [5.74, 6) is -0.806. The summed E-state index contributed by atoms with van der Waals surface area (Å²) in [4.78, 5) is 11.4. The van der Waals surface area contributed by atoms with Gasteiger partial charge in [-0.05, 0) is 18.6 Å². The third-order valence-electron chi connectivity index (χ3n) is 2.16. The zero-order valence-corrected chi connectivity index (χ0v) is 9.09. The summed E-state index contributed by atoms with van der Waals surface area (Å²) in [6, 6.07) is 5.91. The average molecular weight is 220 g/mol. The van der Waals surface area contributed by atoms with E-state index in [-0.39, 0.29) is 17.2 Å². The van der Waals surface area contributed by atoms with Crippen LogP contribution in [0.25, 0.3) is 0 Å². The molecule has 0 aromatic heterocycles. The van der Waals surface area contributed by atoms with Crippen LogP contribution in [0.3, 0.4) is 0 Å². The molecule has 0 radical (unpaired) electrons. The monoisotopic (exact) mass is 220 g/mol. The third kappa shape index (κ3) is 3.06. The molecule has 0 aliphatic rings. The molecular formula is C12H13FN2O. The minimum absolute atomic E-state index is 0.118. The molecule has 0 unspecified atom stereocenters. The van der Waals surface area contributed by atoms with Gasteiger partial charge in [-0.15, -0.1) is 0 Å². The second-order valence-corrected chi connectivity index (χ2v) is 3.43. The zero-order chi connectivity index (χ0) is 12.0. The van der Waals surface area contributed by atoms with Crippen LogP contribution in [-0.4, -0.2) is 5.91 Å². The fraction of sp³-hybridized carbons (Fsp3) is 0.333. The van der Waals surface area contributed by atoms with Crippen molar-refractivity contribution in [2.45, 2.75) is 26.2 Å². The van der Waals surface area contributed by atoms with Gasteiger partial charge in [0.05, 0.1) is 5.69 Å². The molecule has 84 valence electrons. The molecule has 1 rings (SSSR count). The highest BCUT2D eigenvalue weighted by Crippen LogP contribution is 2.18. The van der Waals surface area contributed by atoms with E-state index in [1.54, 1.807) is 6.07 Å². The van der Waals surface area contributed by atoms with E-state index < -0.39 is 5.82 Å². The quantitative estimate of drug-likeness (QED) is 0.848. The smallest absolute Gasteiger partial charge is 0.224 e. The number of benzene rings is 1. The Morgan fingerprint density at radius 3 is 2.94 bits per heavy atom. The number of hydrogen-bond donors (Lipinski definition) is 1. The maximum Gasteiger partial charge on any atom is 0.224 e. The topological polar surface area (TPSA) is 52.9 Å². The second-order valence-electron chi connectivity index (χ2n) is 3.43. The van der Waals surface area contributed by atoms with Crippen LogP contribution in [0.2, 0.25) is 0 Å². The van der Waals surface area contributed by atoms with E-state index in [4.69, 9.17) is 5.26 Å². The van der Waals surface area contributed by atoms with Gasteiger partial charge < -0.3 is 5.32 Å². The molecule has 0 heterocycles. The van der Waals surface area contributed by atoms with Crippen LogP contribution in [0.5, 0.6) is 0 Å². The number of nitrogens with zero attached hydrogens (tertiary/aromatic N) is 1. The van der Waals surface area contributed by atoms with E-state index in [1.807, 2.05) is 6.92 Å². The lowest BCUT2D eigenvalue weighted by Crippen LogP contribution is -2.12. The Labute approximate surface area is 93.9 Å². The van der Waals surface area contributed by atoms with Crippen molar-refractivity contribution in [1.29, 1.82) is 5.26 Å². The normalized spacial score (nSPS) is 9.56. The molecule has 0 spiro atoms. The Kier molecular flexibility index (Phi) is 4.46. The van der Waals surface area contributed by atoms with Gasteiger partial charge in [-0.3, -0.25) is 4.79 Å². The lowest BCUT2D eigenvalue weighted by molar-refractivity contribution is -0.116. The molecule has 1 aromatic rings. The molecule has 16 heavy (non-hydrogen) atoms. The number of anilines is 1. The van der Waals surface area contributed by atoms with Crippen molar-refractivity contribution in [3.63, 3.8) is 0 Å². The van der Waals surface area contributed by atoms with Crippen molar-refractivity contribution in [3.8, 4) is 6.07 Å². The van der Waals surface area contributed by atoms with Crippen molar-refractivity contribution in [1.82, 2.24) is 0 Å². The third-order valence-corrected chi connectivity index (χ3v) is 2.16. The van der Waals surface area contributed by atoms with Gasteiger partial charge in [0.1, 0.15) is 17.4 Å². The number of unbranched alkanes of at least 4 members (excludes halogenated alkanes) is 1. The van der Waals surface area contributed by atoms with Crippen LogP contribution in [-0.2, 0) is 4.79 Å². The molecule has 0 saturated carbocycles. The van der Waals surface area contributed by atoms with E-state index in [1.165, 1.54) is 18.2 Å². The highest BCUT2D eigenvalue weighted by molar-refractivity contribution is 5.92. The first-order chi connectivity index (χ1) is 7.69. The highest BCUT2D eigenvalue weighted by atomic mass is 19.1. The van der Waals surface area contributed by atoms with Gasteiger partial charge in [-0.25, -0.2) is 4.39 Å². The number of rotatable bonds is 4. The zero-order valence-electron chi connectivity index (χ0n) is 9.09. The van der Waals surface area contributed by atoms with E-state index in [9.17, 15) is 9.18 Å². The lowest BCUT2D eigenvalue weighted by atomic mass is 10.1. The van der Waals surface area contributed by atoms with Gasteiger partial charge in [0, 0.05) is 6.42 Å². The summed E-state index contributed by atoms with van der Waals surface area (Å²) >= 11 is 0. The predicted molar refractivity (Wildman–Crippen MR) is 59.3 cm³/mol. The Hall–Kier alpha value is -1.89. The SMILES string of the molecule is CCCCC(=O)Nc1cccc(F)c1C#N. The van der Waals surface area contributed by atoms with Crippen molar-refractivity contribution in [2.24, 2.45) is 0 Å². The van der Waals surface area contributed by atoms with Crippen LogP contribution in [0.1, 0.15) is 31.7 Å². The fourth-order valence-corrected chi connectivity index (χ4v) is 1.29. The maximum absolute atomic E-state index is 13.2. The molecule has 1 amide bonds. The van der Waals surface area contributed by atoms with Crippen LogP contribution in [0, 0.1) is 17.1 Å². The van der Waals surface area contributed by atoms with Gasteiger partial charge in [-0.2, -0.15) is 5.26 Å². The molecule has 0 fully saturated rings. The molecule has 0 atom stereocenters. The summed E-state index contributed by atoms with van der Waals surface area (Å²) < 4.78 is 13.2. The van der Waals surface area contributed by atoms with Gasteiger partial charge in [-0.1, -0.05) is 19.4 Å². The largest absolute Gasteiger partial charge is 0.325 e. The summed E-state index contributed by atoms with van der Waals surface area (Å²) in [5.41, 5.74) is 0.121. The Bertz CT molecular complexity index is 424. The second kappa shape index (κ2) is 5.86. The molecule has 0 aliphatic carbocycles. The number of carbonyl (C=O) groups excluding carboxylic acids is 1. The number of halogens is 1. The average Bonchev–Trinajstić information content (AvgIpc) is 2.27. The molecule has 1 N–H and O–H groups in total. The highest BCUT2D eigenvalue weighted by Gasteiger charge is 2.09. The minimum atomic E-state index is -0.615. The molecule has 3 nitrogen and oxygen atoms in total. The summed E-state index contributed by atoms with van der Waals surface area (Å²) in [7, 11) is 0. The Balaban J connectivity index is 2.78. The maximum atomic E-state index is 13.2. The molecular weight excluding hydrogens is 207 g/mol. The number of nitriles is 1. The van der Waals surface area contributed by atoms with E-state index >= 15 is 0 Å². The minimum Gasteiger partial charge on any atom is -0.325 e. The van der Waals surface area contributed by atoms with Gasteiger partial charge in [0.25, 0.3) is 0 Å². The number of carbonyl (C=O) groups is 1. The molecule has 1 aromatic carbocycles. The molecule has 0 bridgehead atoms. The van der Waals surface area contributed by atoms with Crippen LogP contribution in [0.4, 0.5) is 10.1 Å². The summed E-state index contributed by atoms with van der Waals surface area (Å²) in [5, 5.41) is 11.3. The Morgan fingerprint density at radius 2 is 2.31 bits per heavy atom. The van der Waals surface area contributed by atoms with Crippen LogP contribution in [0.15, 0.2) is 18.2 Å². The summed E-state index contributed by atoms with van der Waals surface area (Å²) in [6.45, 7) is 1.98. The van der Waals surface area contributed by atoms with E-state index in [0.717, 1.165) is 12.8 Å². The van der Waals surface area contributed by atoms with E-state index in [2.05, 4.69) is 5.32 Å². The van der Waals surface area contributed by atoms with Crippen molar-refractivity contribution < 1.29 is 9.18 Å². The first kappa shape index (κ1) is 12.2. The first-order valence-corrected chi connectivity index (χ1v) is 5.17. The summed E-state index contributed by atoms with van der Waals surface area (Å²) in [6.07, 6.45) is 2.09. The Morgan fingerprint density at radius 1 is 1.56 bits per heavy atom. The molecule has 0 saturated heterocycles. The standard InChI is InChI=1S/C12H13FN2O/c1-2-3-7-12(16)15-11-6-4-5-10(13)9(11)8-14/h4-6H,2-3,7H2,1H3,(H,15,16). The molecule has 0 aliphatic heterocycles. The van der Waals surface area contributed by atoms with Crippen LogP contribution < -0.4 is 5.32 Å². The van der Waals surface area contributed by atoms with Crippen molar-refractivity contribution in [2.75, 3.05) is 5.32 Å². The predicted octanol–water partition coefficient (Wildman–Crippen LogP) is 2.83. The van der Waals surface area contributed by atoms with E-state index in [0.29, 0.717) is 6.42 Å². The fourth-order valence-electron chi connectivity index (χ4n) is 1.29. The van der Waals surface area contributed by atoms with Gasteiger partial charge in [0.15, 0.2) is 0 Å².